The van der Waals surface area contributed by atoms with E-state index in [1.165, 1.54) is 48.4 Å². The van der Waals surface area contributed by atoms with Crippen molar-refractivity contribution in [3.63, 3.8) is 0 Å². The SMILES string of the molecule is Cc1cc(C)c(CN2CCN(C)CC2)cc1C. The van der Waals surface area contributed by atoms with Crippen molar-refractivity contribution >= 4 is 0 Å². The predicted molar refractivity (Wildman–Crippen MR) is 73.4 cm³/mol. The van der Waals surface area contributed by atoms with Gasteiger partial charge in [-0.3, -0.25) is 4.90 Å². The van der Waals surface area contributed by atoms with Crippen LogP contribution in [0.1, 0.15) is 22.3 Å². The van der Waals surface area contributed by atoms with E-state index in [0.717, 1.165) is 6.54 Å². The van der Waals surface area contributed by atoms with Crippen LogP contribution in [-0.2, 0) is 6.54 Å². The van der Waals surface area contributed by atoms with Crippen LogP contribution in [0.4, 0.5) is 0 Å². The molecule has 0 spiro atoms. The van der Waals surface area contributed by atoms with Crippen molar-refractivity contribution in [2.24, 2.45) is 0 Å². The summed E-state index contributed by atoms with van der Waals surface area (Å²) in [5, 5.41) is 0. The first-order valence-electron chi connectivity index (χ1n) is 6.54. The Balaban J connectivity index is 2.06. The van der Waals surface area contributed by atoms with Gasteiger partial charge in [0, 0.05) is 32.7 Å². The Kier molecular flexibility index (Phi) is 3.85. The zero-order valence-electron chi connectivity index (χ0n) is 11.6. The number of piperazine rings is 1. The number of benzene rings is 1. The van der Waals surface area contributed by atoms with E-state index in [-0.39, 0.29) is 0 Å². The van der Waals surface area contributed by atoms with E-state index in [0.29, 0.717) is 0 Å². The Bertz CT molecular complexity index is 390. The van der Waals surface area contributed by atoms with E-state index >= 15 is 0 Å². The van der Waals surface area contributed by atoms with Gasteiger partial charge in [0.25, 0.3) is 0 Å². The normalized spacial score (nSPS) is 18.6. The molecule has 0 unspecified atom stereocenters. The van der Waals surface area contributed by atoms with Crippen LogP contribution in [-0.4, -0.2) is 43.0 Å². The zero-order chi connectivity index (χ0) is 12.4. The topological polar surface area (TPSA) is 6.48 Å². The van der Waals surface area contributed by atoms with Crippen molar-refractivity contribution in [2.45, 2.75) is 27.3 Å². The lowest BCUT2D eigenvalue weighted by atomic mass is 10.0. The second-order valence-corrected chi connectivity index (χ2v) is 5.44. The molecule has 17 heavy (non-hydrogen) atoms. The molecule has 0 aromatic heterocycles. The molecule has 0 amide bonds. The third-order valence-electron chi connectivity index (χ3n) is 3.94. The molecule has 1 aliphatic heterocycles. The van der Waals surface area contributed by atoms with Crippen LogP contribution in [0.15, 0.2) is 12.1 Å². The Morgan fingerprint density at radius 2 is 1.47 bits per heavy atom. The fourth-order valence-corrected chi connectivity index (χ4v) is 2.44. The van der Waals surface area contributed by atoms with Gasteiger partial charge in [-0.2, -0.15) is 0 Å². The maximum absolute atomic E-state index is 2.57. The summed E-state index contributed by atoms with van der Waals surface area (Å²) in [6, 6.07) is 4.68. The van der Waals surface area contributed by atoms with Crippen molar-refractivity contribution < 1.29 is 0 Å². The summed E-state index contributed by atoms with van der Waals surface area (Å²) in [6.45, 7) is 12.5. The average molecular weight is 232 g/mol. The first kappa shape index (κ1) is 12.6. The first-order valence-corrected chi connectivity index (χ1v) is 6.54. The molecule has 1 fully saturated rings. The molecule has 0 atom stereocenters. The monoisotopic (exact) mass is 232 g/mol. The lowest BCUT2D eigenvalue weighted by Gasteiger charge is -2.32. The van der Waals surface area contributed by atoms with Crippen LogP contribution < -0.4 is 0 Å². The van der Waals surface area contributed by atoms with Crippen LogP contribution in [0.5, 0.6) is 0 Å². The summed E-state index contributed by atoms with van der Waals surface area (Å²) >= 11 is 0. The maximum Gasteiger partial charge on any atom is 0.0237 e. The Hall–Kier alpha value is -0.860. The quantitative estimate of drug-likeness (QED) is 0.772. The molecule has 0 N–H and O–H groups in total. The summed E-state index contributed by atoms with van der Waals surface area (Å²) in [5.41, 5.74) is 5.76. The van der Waals surface area contributed by atoms with Gasteiger partial charge in [-0.05, 0) is 50.1 Å². The molecule has 1 heterocycles. The fourth-order valence-electron chi connectivity index (χ4n) is 2.44. The number of likely N-dealkylation sites (N-methyl/N-ethyl adjacent to an activating group) is 1. The van der Waals surface area contributed by atoms with Gasteiger partial charge in [-0.1, -0.05) is 12.1 Å². The molecule has 1 aliphatic rings. The van der Waals surface area contributed by atoms with Gasteiger partial charge in [-0.25, -0.2) is 0 Å². The predicted octanol–water partition coefficient (Wildman–Crippen LogP) is 2.36. The number of hydrogen-bond donors (Lipinski definition) is 0. The van der Waals surface area contributed by atoms with Gasteiger partial charge >= 0.3 is 0 Å². The van der Waals surface area contributed by atoms with Crippen LogP contribution in [0.25, 0.3) is 0 Å². The maximum atomic E-state index is 2.57. The lowest BCUT2D eigenvalue weighted by molar-refractivity contribution is 0.148. The van der Waals surface area contributed by atoms with Gasteiger partial charge in [-0.15, -0.1) is 0 Å². The third kappa shape index (κ3) is 3.08. The van der Waals surface area contributed by atoms with Crippen LogP contribution in [0.2, 0.25) is 0 Å². The molecule has 1 aromatic carbocycles. The Morgan fingerprint density at radius 3 is 2.12 bits per heavy atom. The number of rotatable bonds is 2. The third-order valence-corrected chi connectivity index (χ3v) is 3.94. The number of hydrogen-bond acceptors (Lipinski definition) is 2. The lowest BCUT2D eigenvalue weighted by Crippen LogP contribution is -2.43. The molecular weight excluding hydrogens is 208 g/mol. The largest absolute Gasteiger partial charge is 0.304 e. The molecule has 0 saturated carbocycles. The molecule has 94 valence electrons. The van der Waals surface area contributed by atoms with E-state index in [1.807, 2.05) is 0 Å². The summed E-state index contributed by atoms with van der Waals surface area (Å²) in [5.74, 6) is 0. The number of nitrogens with zero attached hydrogens (tertiary/aromatic N) is 2. The molecule has 2 rings (SSSR count). The van der Waals surface area contributed by atoms with Crippen LogP contribution in [0, 0.1) is 20.8 Å². The second kappa shape index (κ2) is 5.19. The standard InChI is InChI=1S/C15H24N2/c1-12-9-14(3)15(10-13(12)2)11-17-7-5-16(4)6-8-17/h9-10H,5-8,11H2,1-4H3. The minimum absolute atomic E-state index is 1.11. The molecule has 0 aliphatic carbocycles. The molecular formula is C15H24N2. The van der Waals surface area contributed by atoms with Crippen molar-refractivity contribution in [3.8, 4) is 0 Å². The van der Waals surface area contributed by atoms with E-state index in [4.69, 9.17) is 0 Å². The van der Waals surface area contributed by atoms with Gasteiger partial charge in [0.1, 0.15) is 0 Å². The molecule has 1 saturated heterocycles. The van der Waals surface area contributed by atoms with Crippen molar-refractivity contribution in [1.82, 2.24) is 9.80 Å². The average Bonchev–Trinajstić information content (AvgIpc) is 2.29. The van der Waals surface area contributed by atoms with Gasteiger partial charge < -0.3 is 4.90 Å². The van der Waals surface area contributed by atoms with E-state index in [2.05, 4.69) is 49.8 Å². The second-order valence-electron chi connectivity index (χ2n) is 5.44. The molecule has 0 bridgehead atoms. The van der Waals surface area contributed by atoms with Crippen molar-refractivity contribution in [3.05, 3.63) is 34.4 Å². The van der Waals surface area contributed by atoms with E-state index < -0.39 is 0 Å². The summed E-state index contributed by atoms with van der Waals surface area (Å²) < 4.78 is 0. The highest BCUT2D eigenvalue weighted by molar-refractivity contribution is 5.36. The minimum Gasteiger partial charge on any atom is -0.304 e. The van der Waals surface area contributed by atoms with Crippen molar-refractivity contribution in [1.29, 1.82) is 0 Å². The van der Waals surface area contributed by atoms with E-state index in [9.17, 15) is 0 Å². The zero-order valence-corrected chi connectivity index (χ0v) is 11.6. The molecule has 1 aromatic rings. The first-order chi connectivity index (χ1) is 8.06. The highest BCUT2D eigenvalue weighted by Crippen LogP contribution is 2.17. The smallest absolute Gasteiger partial charge is 0.0237 e. The summed E-state index contributed by atoms with van der Waals surface area (Å²) in [7, 11) is 2.21. The highest BCUT2D eigenvalue weighted by Gasteiger charge is 2.14. The molecule has 2 nitrogen and oxygen atoms in total. The van der Waals surface area contributed by atoms with E-state index in [1.54, 1.807) is 0 Å². The Labute approximate surface area is 105 Å². The minimum atomic E-state index is 1.11. The number of aryl methyl sites for hydroxylation is 3. The molecule has 2 heteroatoms. The van der Waals surface area contributed by atoms with Gasteiger partial charge in [0.2, 0.25) is 0 Å². The summed E-state index contributed by atoms with van der Waals surface area (Å²) in [4.78, 5) is 4.97. The highest BCUT2D eigenvalue weighted by atomic mass is 15.2. The van der Waals surface area contributed by atoms with Gasteiger partial charge in [0.05, 0.1) is 0 Å². The fraction of sp³-hybridized carbons (Fsp3) is 0.600. The van der Waals surface area contributed by atoms with Gasteiger partial charge in [0.15, 0.2) is 0 Å². The van der Waals surface area contributed by atoms with Crippen molar-refractivity contribution in [2.75, 3.05) is 33.2 Å². The summed E-state index contributed by atoms with van der Waals surface area (Å²) in [6.07, 6.45) is 0. The van der Waals surface area contributed by atoms with Crippen LogP contribution in [0.3, 0.4) is 0 Å². The molecule has 0 radical (unpaired) electrons. The Morgan fingerprint density at radius 1 is 0.882 bits per heavy atom. The van der Waals surface area contributed by atoms with Crippen LogP contribution >= 0.6 is 0 Å².